The van der Waals surface area contributed by atoms with Crippen LogP contribution in [0.4, 0.5) is 0 Å². The van der Waals surface area contributed by atoms with Crippen molar-refractivity contribution in [3.63, 3.8) is 0 Å². The van der Waals surface area contributed by atoms with Crippen LogP contribution < -0.4 is 20.7 Å². The molecule has 1 atom stereocenters. The van der Waals surface area contributed by atoms with Gasteiger partial charge < -0.3 is 19.1 Å². The number of aromatic nitrogens is 2. The third kappa shape index (κ3) is 4.63. The Balaban J connectivity index is 2.39. The van der Waals surface area contributed by atoms with Crippen LogP contribution in [-0.2, 0) is 27.2 Å². The molecule has 1 aromatic heterocycles. The normalized spacial score (nSPS) is 12.3. The SMILES string of the molecule is COc1ccc(CN(Cc2c(C)n(C)c(=O)n(C)c2=O)C[C@@H](C)O)cc1OC. The van der Waals surface area contributed by atoms with Gasteiger partial charge in [0.15, 0.2) is 11.5 Å². The highest BCUT2D eigenvalue weighted by Crippen LogP contribution is 2.28. The van der Waals surface area contributed by atoms with E-state index < -0.39 is 6.10 Å². The topological polar surface area (TPSA) is 85.9 Å². The second-order valence-corrected chi connectivity index (χ2v) is 6.98. The Morgan fingerprint density at radius 2 is 1.71 bits per heavy atom. The highest BCUT2D eigenvalue weighted by atomic mass is 16.5. The van der Waals surface area contributed by atoms with Crippen LogP contribution in [0.25, 0.3) is 0 Å². The Kier molecular flexibility index (Phi) is 7.04. The maximum absolute atomic E-state index is 12.6. The molecule has 0 bridgehead atoms. The van der Waals surface area contributed by atoms with Crippen LogP contribution in [0.2, 0.25) is 0 Å². The molecule has 1 N–H and O–H groups in total. The highest BCUT2D eigenvalue weighted by molar-refractivity contribution is 5.42. The summed E-state index contributed by atoms with van der Waals surface area (Å²) in [4.78, 5) is 26.7. The summed E-state index contributed by atoms with van der Waals surface area (Å²) in [7, 11) is 6.27. The summed E-state index contributed by atoms with van der Waals surface area (Å²) >= 11 is 0. The third-order valence-corrected chi connectivity index (χ3v) is 4.83. The highest BCUT2D eigenvalue weighted by Gasteiger charge is 2.18. The molecule has 0 radical (unpaired) electrons. The Labute approximate surface area is 164 Å². The Morgan fingerprint density at radius 3 is 2.29 bits per heavy atom. The van der Waals surface area contributed by atoms with E-state index in [1.54, 1.807) is 35.1 Å². The van der Waals surface area contributed by atoms with Crippen LogP contribution >= 0.6 is 0 Å². The standard InChI is InChI=1S/C20H29N3O5/c1-13(24)10-23(11-15-7-8-17(27-5)18(9-15)28-6)12-16-14(2)21(3)20(26)22(4)19(16)25/h7-9,13,24H,10-12H2,1-6H3/t13-/m1/s1. The average Bonchev–Trinajstić information content (AvgIpc) is 2.67. The molecule has 8 nitrogen and oxygen atoms in total. The lowest BCUT2D eigenvalue weighted by molar-refractivity contribution is 0.117. The van der Waals surface area contributed by atoms with Gasteiger partial charge in [-0.3, -0.25) is 14.3 Å². The summed E-state index contributed by atoms with van der Waals surface area (Å²) in [5.74, 6) is 1.25. The summed E-state index contributed by atoms with van der Waals surface area (Å²) in [6, 6.07) is 5.62. The van der Waals surface area contributed by atoms with Crippen molar-refractivity contribution in [3.8, 4) is 11.5 Å². The molecule has 0 amide bonds. The van der Waals surface area contributed by atoms with Crippen molar-refractivity contribution in [2.75, 3.05) is 20.8 Å². The van der Waals surface area contributed by atoms with E-state index in [9.17, 15) is 14.7 Å². The van der Waals surface area contributed by atoms with Crippen molar-refractivity contribution >= 4 is 0 Å². The Bertz CT molecular complexity index is 946. The van der Waals surface area contributed by atoms with Crippen LogP contribution in [0.3, 0.4) is 0 Å². The van der Waals surface area contributed by atoms with Crippen molar-refractivity contribution in [1.82, 2.24) is 14.0 Å². The van der Waals surface area contributed by atoms with Gasteiger partial charge in [-0.1, -0.05) is 6.07 Å². The van der Waals surface area contributed by atoms with Crippen molar-refractivity contribution in [2.24, 2.45) is 14.1 Å². The molecule has 1 heterocycles. The Hall–Kier alpha value is -2.58. The van der Waals surface area contributed by atoms with Gasteiger partial charge in [0.25, 0.3) is 5.56 Å². The van der Waals surface area contributed by atoms with Gasteiger partial charge in [-0.25, -0.2) is 4.79 Å². The number of ether oxygens (including phenoxy) is 2. The first kappa shape index (κ1) is 21.7. The number of aliphatic hydroxyl groups is 1. The fourth-order valence-corrected chi connectivity index (χ4v) is 3.22. The monoisotopic (exact) mass is 391 g/mol. The second-order valence-electron chi connectivity index (χ2n) is 6.98. The summed E-state index contributed by atoms with van der Waals surface area (Å²) in [5, 5.41) is 9.93. The first-order valence-corrected chi connectivity index (χ1v) is 9.06. The van der Waals surface area contributed by atoms with Crippen LogP contribution in [-0.4, -0.2) is 46.0 Å². The van der Waals surface area contributed by atoms with Crippen LogP contribution in [0.1, 0.15) is 23.7 Å². The number of hydrogen-bond acceptors (Lipinski definition) is 6. The van der Waals surface area contributed by atoms with Crippen LogP contribution in [0, 0.1) is 6.92 Å². The predicted octanol–water partition coefficient (Wildman–Crippen LogP) is 0.793. The number of benzene rings is 1. The summed E-state index contributed by atoms with van der Waals surface area (Å²) in [5.41, 5.74) is 1.44. The van der Waals surface area contributed by atoms with Crippen LogP contribution in [0.5, 0.6) is 11.5 Å². The van der Waals surface area contributed by atoms with Gasteiger partial charge in [0.2, 0.25) is 0 Å². The van der Waals surface area contributed by atoms with E-state index in [1.165, 1.54) is 11.6 Å². The molecular formula is C20H29N3O5. The van der Waals surface area contributed by atoms with Crippen molar-refractivity contribution in [3.05, 3.63) is 55.9 Å². The minimum Gasteiger partial charge on any atom is -0.493 e. The maximum Gasteiger partial charge on any atom is 0.330 e. The van der Waals surface area contributed by atoms with E-state index in [1.807, 2.05) is 23.1 Å². The number of aliphatic hydroxyl groups excluding tert-OH is 1. The van der Waals surface area contributed by atoms with Crippen molar-refractivity contribution in [1.29, 1.82) is 0 Å². The molecule has 1 aromatic carbocycles. The molecule has 28 heavy (non-hydrogen) atoms. The maximum atomic E-state index is 12.6. The predicted molar refractivity (Wildman–Crippen MR) is 107 cm³/mol. The quantitative estimate of drug-likeness (QED) is 0.716. The summed E-state index contributed by atoms with van der Waals surface area (Å²) in [6.07, 6.45) is -0.572. The lowest BCUT2D eigenvalue weighted by Gasteiger charge is -2.25. The van der Waals surface area contributed by atoms with Gasteiger partial charge in [0, 0.05) is 39.4 Å². The average molecular weight is 391 g/mol. The largest absolute Gasteiger partial charge is 0.493 e. The first-order chi connectivity index (χ1) is 13.2. The molecule has 8 heteroatoms. The van der Waals surface area contributed by atoms with Gasteiger partial charge in [-0.05, 0) is 31.5 Å². The smallest absolute Gasteiger partial charge is 0.330 e. The fraction of sp³-hybridized carbons (Fsp3) is 0.500. The molecule has 0 aliphatic rings. The number of hydrogen-bond donors (Lipinski definition) is 1. The van der Waals surface area contributed by atoms with Crippen molar-refractivity contribution in [2.45, 2.75) is 33.0 Å². The molecule has 154 valence electrons. The molecule has 0 unspecified atom stereocenters. The van der Waals surface area contributed by atoms with Gasteiger partial charge in [0.1, 0.15) is 0 Å². The van der Waals surface area contributed by atoms with E-state index in [4.69, 9.17) is 9.47 Å². The first-order valence-electron chi connectivity index (χ1n) is 9.06. The van der Waals surface area contributed by atoms with E-state index in [0.29, 0.717) is 42.4 Å². The third-order valence-electron chi connectivity index (χ3n) is 4.83. The van der Waals surface area contributed by atoms with Gasteiger partial charge >= 0.3 is 5.69 Å². The minimum atomic E-state index is -0.572. The molecule has 0 saturated carbocycles. The lowest BCUT2D eigenvalue weighted by atomic mass is 10.1. The molecular weight excluding hydrogens is 362 g/mol. The zero-order valence-corrected chi connectivity index (χ0v) is 17.4. The van der Waals surface area contributed by atoms with E-state index in [2.05, 4.69) is 0 Å². The molecule has 0 aliphatic carbocycles. The number of methoxy groups -OCH3 is 2. The fourth-order valence-electron chi connectivity index (χ4n) is 3.22. The molecule has 0 aliphatic heterocycles. The van der Waals surface area contributed by atoms with E-state index in [-0.39, 0.29) is 11.2 Å². The molecule has 0 saturated heterocycles. The van der Waals surface area contributed by atoms with Gasteiger partial charge in [0.05, 0.1) is 25.9 Å². The minimum absolute atomic E-state index is 0.311. The van der Waals surface area contributed by atoms with E-state index in [0.717, 1.165) is 10.1 Å². The van der Waals surface area contributed by atoms with Gasteiger partial charge in [-0.15, -0.1) is 0 Å². The number of rotatable bonds is 8. The summed E-state index contributed by atoms with van der Waals surface area (Å²) in [6.45, 7) is 4.64. The zero-order valence-electron chi connectivity index (χ0n) is 17.4. The molecule has 0 spiro atoms. The lowest BCUT2D eigenvalue weighted by Crippen LogP contribution is -2.42. The molecule has 2 aromatic rings. The second kappa shape index (κ2) is 9.07. The molecule has 0 fully saturated rings. The summed E-state index contributed by atoms with van der Waals surface area (Å²) < 4.78 is 13.2. The van der Waals surface area contributed by atoms with E-state index >= 15 is 0 Å². The van der Waals surface area contributed by atoms with Gasteiger partial charge in [-0.2, -0.15) is 0 Å². The van der Waals surface area contributed by atoms with Crippen LogP contribution in [0.15, 0.2) is 27.8 Å². The molecule has 2 rings (SSSR count). The zero-order chi connectivity index (χ0) is 21.0. The number of nitrogens with zero attached hydrogens (tertiary/aromatic N) is 3. The Morgan fingerprint density at radius 1 is 1.07 bits per heavy atom. The van der Waals surface area contributed by atoms with Crippen molar-refractivity contribution < 1.29 is 14.6 Å².